The Hall–Kier alpha value is -0.570. The van der Waals surface area contributed by atoms with Crippen LogP contribution in [0.4, 0.5) is 0 Å². The van der Waals surface area contributed by atoms with Gasteiger partial charge in [0.25, 0.3) is 0 Å². The van der Waals surface area contributed by atoms with Gasteiger partial charge in [0.1, 0.15) is 0 Å². The van der Waals surface area contributed by atoms with Crippen LogP contribution in [0.15, 0.2) is 0 Å². The molecule has 1 saturated carbocycles. The average Bonchev–Trinajstić information content (AvgIpc) is 2.74. The van der Waals surface area contributed by atoms with Gasteiger partial charge in [-0.15, -0.1) is 0 Å². The summed E-state index contributed by atoms with van der Waals surface area (Å²) in [6.07, 6.45) is 5.48. The van der Waals surface area contributed by atoms with E-state index in [0.29, 0.717) is 30.0 Å². The number of piperidine rings is 1. The summed E-state index contributed by atoms with van der Waals surface area (Å²) in [5, 5.41) is 0. The number of hydrogen-bond donors (Lipinski definition) is 1. The maximum atomic E-state index is 12.4. The molecule has 2 bridgehead atoms. The quantitative estimate of drug-likeness (QED) is 0.731. The van der Waals surface area contributed by atoms with Gasteiger partial charge in [0.15, 0.2) is 0 Å². The van der Waals surface area contributed by atoms with Crippen LogP contribution in [0.2, 0.25) is 0 Å². The second-order valence-electron chi connectivity index (χ2n) is 6.61. The summed E-state index contributed by atoms with van der Waals surface area (Å²) in [5.41, 5.74) is 6.28. The zero-order chi connectivity index (χ0) is 11.5. The summed E-state index contributed by atoms with van der Waals surface area (Å²) in [7, 11) is 0. The number of amides is 1. The second-order valence-corrected chi connectivity index (χ2v) is 6.61. The Morgan fingerprint density at radius 3 is 2.19 bits per heavy atom. The molecule has 3 fully saturated rings. The van der Waals surface area contributed by atoms with E-state index in [9.17, 15) is 4.79 Å². The lowest BCUT2D eigenvalue weighted by Crippen LogP contribution is -2.51. The van der Waals surface area contributed by atoms with Gasteiger partial charge in [0.05, 0.1) is 0 Å². The van der Waals surface area contributed by atoms with Crippen molar-refractivity contribution in [2.24, 2.45) is 17.1 Å². The predicted octanol–water partition coefficient (Wildman–Crippen LogP) is 1.51. The Balaban J connectivity index is 1.74. The van der Waals surface area contributed by atoms with Gasteiger partial charge >= 0.3 is 0 Å². The molecule has 90 valence electrons. The van der Waals surface area contributed by atoms with Gasteiger partial charge in [0.2, 0.25) is 5.91 Å². The first kappa shape index (κ1) is 10.6. The summed E-state index contributed by atoms with van der Waals surface area (Å²) < 4.78 is 0. The van der Waals surface area contributed by atoms with Crippen molar-refractivity contribution in [2.45, 2.75) is 64.1 Å². The molecule has 0 aromatic rings. The Kier molecular flexibility index (Phi) is 2.13. The number of carbonyl (C=O) groups excluding carboxylic acids is 1. The van der Waals surface area contributed by atoms with Crippen LogP contribution in [0.3, 0.4) is 0 Å². The van der Waals surface area contributed by atoms with Gasteiger partial charge in [-0.25, -0.2) is 0 Å². The lowest BCUT2D eigenvalue weighted by Gasteiger charge is -2.38. The van der Waals surface area contributed by atoms with Crippen LogP contribution < -0.4 is 5.73 Å². The van der Waals surface area contributed by atoms with Crippen molar-refractivity contribution in [2.75, 3.05) is 0 Å². The Labute approximate surface area is 97.4 Å². The number of nitrogens with two attached hydrogens (primary N) is 1. The molecule has 2 saturated heterocycles. The van der Waals surface area contributed by atoms with E-state index in [1.807, 2.05) is 0 Å². The van der Waals surface area contributed by atoms with Gasteiger partial charge < -0.3 is 10.6 Å². The number of hydrogen-bond acceptors (Lipinski definition) is 2. The van der Waals surface area contributed by atoms with E-state index in [2.05, 4.69) is 18.7 Å². The summed E-state index contributed by atoms with van der Waals surface area (Å²) in [4.78, 5) is 14.6. The van der Waals surface area contributed by atoms with Crippen LogP contribution in [0.1, 0.15) is 46.0 Å². The van der Waals surface area contributed by atoms with E-state index in [-0.39, 0.29) is 5.41 Å². The molecule has 0 aromatic heterocycles. The fourth-order valence-corrected chi connectivity index (χ4v) is 3.65. The van der Waals surface area contributed by atoms with Crippen molar-refractivity contribution in [1.29, 1.82) is 0 Å². The standard InChI is InChI=1S/C13H22N2O/c1-13(2)7-11(13)12(16)15-9-3-4-10(15)6-8(14)5-9/h8-11H,3-7,14H2,1-2H3. The van der Waals surface area contributed by atoms with Crippen molar-refractivity contribution in [3.05, 3.63) is 0 Å². The van der Waals surface area contributed by atoms with Crippen LogP contribution >= 0.6 is 0 Å². The molecule has 3 atom stereocenters. The minimum absolute atomic E-state index is 0.260. The third kappa shape index (κ3) is 1.48. The summed E-state index contributed by atoms with van der Waals surface area (Å²) in [6.45, 7) is 4.40. The summed E-state index contributed by atoms with van der Waals surface area (Å²) >= 11 is 0. The van der Waals surface area contributed by atoms with E-state index in [0.717, 1.165) is 19.3 Å². The lowest BCUT2D eigenvalue weighted by atomic mass is 9.97. The predicted molar refractivity (Wildman–Crippen MR) is 62.8 cm³/mol. The van der Waals surface area contributed by atoms with Crippen LogP contribution in [0.25, 0.3) is 0 Å². The molecule has 3 rings (SSSR count). The minimum Gasteiger partial charge on any atom is -0.336 e. The van der Waals surface area contributed by atoms with Crippen molar-refractivity contribution < 1.29 is 4.79 Å². The van der Waals surface area contributed by atoms with Gasteiger partial charge in [-0.05, 0) is 37.5 Å². The number of carbonyl (C=O) groups is 1. The fourth-order valence-electron chi connectivity index (χ4n) is 3.65. The first-order valence-corrected chi connectivity index (χ1v) is 6.57. The topological polar surface area (TPSA) is 46.3 Å². The highest BCUT2D eigenvalue weighted by Gasteiger charge is 2.55. The molecule has 0 aromatic carbocycles. The minimum atomic E-state index is 0.260. The molecular weight excluding hydrogens is 200 g/mol. The molecule has 2 heterocycles. The molecule has 16 heavy (non-hydrogen) atoms. The van der Waals surface area contributed by atoms with Crippen LogP contribution in [-0.4, -0.2) is 28.9 Å². The van der Waals surface area contributed by atoms with Gasteiger partial charge in [-0.3, -0.25) is 4.79 Å². The first-order chi connectivity index (χ1) is 7.49. The van der Waals surface area contributed by atoms with Crippen LogP contribution in [0, 0.1) is 11.3 Å². The Morgan fingerprint density at radius 1 is 1.25 bits per heavy atom. The summed E-state index contributed by atoms with van der Waals surface area (Å²) in [5.74, 6) is 0.717. The van der Waals surface area contributed by atoms with Crippen molar-refractivity contribution >= 4 is 5.91 Å². The molecule has 1 aliphatic carbocycles. The fraction of sp³-hybridized carbons (Fsp3) is 0.923. The Bertz CT molecular complexity index is 312. The number of rotatable bonds is 1. The van der Waals surface area contributed by atoms with Gasteiger partial charge in [0, 0.05) is 24.0 Å². The molecule has 3 aliphatic rings. The number of nitrogens with zero attached hydrogens (tertiary/aromatic N) is 1. The SMILES string of the molecule is CC1(C)CC1C(=O)N1C2CCC1CC(N)C2. The largest absolute Gasteiger partial charge is 0.336 e. The third-order valence-corrected chi connectivity index (χ3v) is 4.84. The van der Waals surface area contributed by atoms with E-state index in [4.69, 9.17) is 5.73 Å². The van der Waals surface area contributed by atoms with E-state index in [1.165, 1.54) is 12.8 Å². The van der Waals surface area contributed by atoms with Gasteiger partial charge in [-0.1, -0.05) is 13.8 Å². The first-order valence-electron chi connectivity index (χ1n) is 6.57. The van der Waals surface area contributed by atoms with E-state index >= 15 is 0 Å². The molecule has 3 unspecified atom stereocenters. The van der Waals surface area contributed by atoms with E-state index in [1.54, 1.807) is 0 Å². The second kappa shape index (κ2) is 3.22. The number of fused-ring (bicyclic) bond motifs is 2. The molecule has 0 spiro atoms. The molecule has 2 N–H and O–H groups in total. The maximum absolute atomic E-state index is 12.4. The lowest BCUT2D eigenvalue weighted by molar-refractivity contribution is -0.137. The maximum Gasteiger partial charge on any atom is 0.226 e. The van der Waals surface area contributed by atoms with Crippen molar-refractivity contribution in [3.63, 3.8) is 0 Å². The van der Waals surface area contributed by atoms with E-state index < -0.39 is 0 Å². The Morgan fingerprint density at radius 2 is 1.75 bits per heavy atom. The monoisotopic (exact) mass is 222 g/mol. The van der Waals surface area contributed by atoms with Gasteiger partial charge in [-0.2, -0.15) is 0 Å². The normalized spacial score (nSPS) is 44.6. The molecule has 2 aliphatic heterocycles. The molecule has 0 radical (unpaired) electrons. The van der Waals surface area contributed by atoms with Crippen LogP contribution in [0.5, 0.6) is 0 Å². The molecular formula is C13H22N2O. The van der Waals surface area contributed by atoms with Crippen molar-refractivity contribution in [1.82, 2.24) is 4.90 Å². The molecule has 3 nitrogen and oxygen atoms in total. The van der Waals surface area contributed by atoms with Crippen LogP contribution in [-0.2, 0) is 4.79 Å². The van der Waals surface area contributed by atoms with Crippen molar-refractivity contribution in [3.8, 4) is 0 Å². The molecule has 1 amide bonds. The zero-order valence-corrected chi connectivity index (χ0v) is 10.3. The highest BCUT2D eigenvalue weighted by Crippen LogP contribution is 2.54. The zero-order valence-electron chi connectivity index (χ0n) is 10.3. The highest BCUT2D eigenvalue weighted by molar-refractivity contribution is 5.83. The smallest absolute Gasteiger partial charge is 0.226 e. The third-order valence-electron chi connectivity index (χ3n) is 4.84. The average molecular weight is 222 g/mol. The highest BCUT2D eigenvalue weighted by atomic mass is 16.2. The molecule has 3 heteroatoms. The summed E-state index contributed by atoms with van der Waals surface area (Å²) in [6, 6.07) is 1.24.